The summed E-state index contributed by atoms with van der Waals surface area (Å²) < 4.78 is 3.12. The average Bonchev–Trinajstić information content (AvgIpc) is 3.02. The number of aryl methyl sites for hydroxylation is 1. The van der Waals surface area contributed by atoms with Gasteiger partial charge in [-0.15, -0.1) is 0 Å². The molecule has 0 aliphatic heterocycles. The number of carbonyl (C=O) groups is 1. The summed E-state index contributed by atoms with van der Waals surface area (Å²) in [7, 11) is 0. The van der Waals surface area contributed by atoms with Gasteiger partial charge in [-0.1, -0.05) is 0 Å². The van der Waals surface area contributed by atoms with Gasteiger partial charge < -0.3 is 4.57 Å². The van der Waals surface area contributed by atoms with Crippen molar-refractivity contribution >= 4 is 33.2 Å². The second-order valence-electron chi connectivity index (χ2n) is 4.24. The minimum absolute atomic E-state index is 0.610. The second kappa shape index (κ2) is 3.42. The number of nitrogens with zero attached hydrogens (tertiary/aromatic N) is 2. The van der Waals surface area contributed by atoms with Crippen molar-refractivity contribution in [3.63, 3.8) is 0 Å². The van der Waals surface area contributed by atoms with E-state index >= 15 is 0 Å². The minimum atomic E-state index is 0.610. The lowest BCUT2D eigenvalue weighted by molar-refractivity contribution is 0.112. The Labute approximate surface area is 102 Å². The summed E-state index contributed by atoms with van der Waals surface area (Å²) in [6.45, 7) is 2.02. The molecule has 1 fully saturated rings. The number of aldehydes is 1. The van der Waals surface area contributed by atoms with E-state index in [0.29, 0.717) is 11.6 Å². The Bertz CT molecular complexity index is 584. The molecule has 1 aromatic carbocycles. The van der Waals surface area contributed by atoms with Crippen LogP contribution in [0.4, 0.5) is 0 Å². The lowest BCUT2D eigenvalue weighted by Crippen LogP contribution is -1.96. The molecule has 82 valence electrons. The second-order valence-corrected chi connectivity index (χ2v) is 5.09. The Kier molecular flexibility index (Phi) is 2.14. The highest BCUT2D eigenvalue weighted by atomic mass is 79.9. The van der Waals surface area contributed by atoms with Crippen LogP contribution in [0.25, 0.3) is 11.0 Å². The third-order valence-electron chi connectivity index (χ3n) is 3.02. The normalized spacial score (nSPS) is 15.6. The van der Waals surface area contributed by atoms with Crippen LogP contribution in [0.2, 0.25) is 0 Å². The highest BCUT2D eigenvalue weighted by Crippen LogP contribution is 2.39. The maximum absolute atomic E-state index is 10.8. The fourth-order valence-corrected chi connectivity index (χ4v) is 2.56. The third-order valence-corrected chi connectivity index (χ3v) is 3.71. The summed E-state index contributed by atoms with van der Waals surface area (Å²) in [5.41, 5.74) is 2.69. The van der Waals surface area contributed by atoms with Crippen LogP contribution in [-0.2, 0) is 0 Å². The molecule has 1 saturated carbocycles. The van der Waals surface area contributed by atoms with Gasteiger partial charge in [0.25, 0.3) is 0 Å². The van der Waals surface area contributed by atoms with Crippen molar-refractivity contribution in [3.05, 3.63) is 28.0 Å². The Hall–Kier alpha value is -1.16. The highest BCUT2D eigenvalue weighted by Gasteiger charge is 2.27. The number of imidazole rings is 1. The summed E-state index contributed by atoms with van der Waals surface area (Å²) >= 11 is 3.42. The molecule has 1 heterocycles. The Balaban J connectivity index is 2.31. The maximum atomic E-state index is 10.8. The molecule has 0 atom stereocenters. The monoisotopic (exact) mass is 278 g/mol. The Morgan fingerprint density at radius 2 is 2.25 bits per heavy atom. The van der Waals surface area contributed by atoms with Crippen molar-refractivity contribution in [1.82, 2.24) is 9.55 Å². The first kappa shape index (κ1) is 10.0. The smallest absolute Gasteiger partial charge is 0.151 e. The fraction of sp³-hybridized carbons (Fsp3) is 0.333. The molecule has 0 amide bonds. The number of halogens is 1. The van der Waals surface area contributed by atoms with Crippen molar-refractivity contribution in [2.75, 3.05) is 0 Å². The lowest BCUT2D eigenvalue weighted by atomic mass is 10.2. The molecule has 3 nitrogen and oxygen atoms in total. The summed E-state index contributed by atoms with van der Waals surface area (Å²) in [5.74, 6) is 1.03. The molecule has 1 aromatic heterocycles. The van der Waals surface area contributed by atoms with Crippen molar-refractivity contribution in [2.24, 2.45) is 0 Å². The number of carbonyl (C=O) groups excluding carboxylic acids is 1. The van der Waals surface area contributed by atoms with Crippen LogP contribution in [0.3, 0.4) is 0 Å². The molecule has 2 aromatic rings. The van der Waals surface area contributed by atoms with Gasteiger partial charge in [0.1, 0.15) is 5.82 Å². The average molecular weight is 279 g/mol. The van der Waals surface area contributed by atoms with E-state index in [2.05, 4.69) is 25.5 Å². The predicted octanol–water partition coefficient (Wildman–Crippen LogP) is 3.25. The van der Waals surface area contributed by atoms with Crippen LogP contribution in [0, 0.1) is 6.92 Å². The number of rotatable bonds is 2. The fourth-order valence-electron chi connectivity index (χ4n) is 2.14. The topological polar surface area (TPSA) is 34.9 Å². The molecular weight excluding hydrogens is 268 g/mol. The number of hydrogen-bond donors (Lipinski definition) is 0. The molecular formula is C12H11BrN2O. The van der Waals surface area contributed by atoms with E-state index in [4.69, 9.17) is 0 Å². The molecule has 0 unspecified atom stereocenters. The van der Waals surface area contributed by atoms with Gasteiger partial charge in [0.2, 0.25) is 0 Å². The number of benzene rings is 1. The molecule has 0 N–H and O–H groups in total. The van der Waals surface area contributed by atoms with Gasteiger partial charge in [-0.25, -0.2) is 4.98 Å². The zero-order valence-electron chi connectivity index (χ0n) is 8.90. The Morgan fingerprint density at radius 1 is 1.50 bits per heavy atom. The molecule has 0 spiro atoms. The first-order chi connectivity index (χ1) is 7.70. The van der Waals surface area contributed by atoms with E-state index in [0.717, 1.165) is 27.6 Å². The van der Waals surface area contributed by atoms with E-state index in [1.54, 1.807) is 0 Å². The van der Waals surface area contributed by atoms with Crippen LogP contribution in [0.5, 0.6) is 0 Å². The number of aromatic nitrogens is 2. The maximum Gasteiger partial charge on any atom is 0.151 e. The van der Waals surface area contributed by atoms with E-state index in [1.807, 2.05) is 19.1 Å². The zero-order valence-corrected chi connectivity index (χ0v) is 10.5. The summed E-state index contributed by atoms with van der Waals surface area (Å²) in [5, 5.41) is 0. The van der Waals surface area contributed by atoms with Crippen LogP contribution >= 0.6 is 15.9 Å². The van der Waals surface area contributed by atoms with Gasteiger partial charge >= 0.3 is 0 Å². The SMILES string of the molecule is Cc1nc2cc(C=O)c(Br)cc2n1C1CC1. The molecule has 0 radical (unpaired) electrons. The molecule has 3 rings (SSSR count). The van der Waals surface area contributed by atoms with E-state index in [-0.39, 0.29) is 0 Å². The van der Waals surface area contributed by atoms with Gasteiger partial charge in [0.05, 0.1) is 11.0 Å². The lowest BCUT2D eigenvalue weighted by Gasteiger charge is -2.04. The van der Waals surface area contributed by atoms with Crippen molar-refractivity contribution < 1.29 is 4.79 Å². The van der Waals surface area contributed by atoms with E-state index < -0.39 is 0 Å². The highest BCUT2D eigenvalue weighted by molar-refractivity contribution is 9.10. The van der Waals surface area contributed by atoms with Gasteiger partial charge in [-0.3, -0.25) is 4.79 Å². The summed E-state index contributed by atoms with van der Waals surface area (Å²) in [4.78, 5) is 15.4. The first-order valence-electron chi connectivity index (χ1n) is 5.34. The predicted molar refractivity (Wildman–Crippen MR) is 65.8 cm³/mol. The van der Waals surface area contributed by atoms with Crippen LogP contribution in [-0.4, -0.2) is 15.8 Å². The molecule has 0 bridgehead atoms. The van der Waals surface area contributed by atoms with Crippen LogP contribution in [0.15, 0.2) is 16.6 Å². The Morgan fingerprint density at radius 3 is 2.88 bits per heavy atom. The largest absolute Gasteiger partial charge is 0.325 e. The molecule has 4 heteroatoms. The van der Waals surface area contributed by atoms with Crippen LogP contribution < -0.4 is 0 Å². The number of hydrogen-bond acceptors (Lipinski definition) is 2. The van der Waals surface area contributed by atoms with Crippen LogP contribution in [0.1, 0.15) is 35.1 Å². The summed E-state index contributed by atoms with van der Waals surface area (Å²) in [6, 6.07) is 4.45. The van der Waals surface area contributed by atoms with Gasteiger partial charge in [-0.2, -0.15) is 0 Å². The summed E-state index contributed by atoms with van der Waals surface area (Å²) in [6.07, 6.45) is 3.33. The minimum Gasteiger partial charge on any atom is -0.325 e. The van der Waals surface area contributed by atoms with Crippen molar-refractivity contribution in [2.45, 2.75) is 25.8 Å². The third kappa shape index (κ3) is 1.40. The molecule has 0 saturated heterocycles. The van der Waals surface area contributed by atoms with Gasteiger partial charge in [0.15, 0.2) is 6.29 Å². The first-order valence-corrected chi connectivity index (χ1v) is 6.13. The van der Waals surface area contributed by atoms with E-state index in [1.165, 1.54) is 12.8 Å². The molecule has 16 heavy (non-hydrogen) atoms. The quantitative estimate of drug-likeness (QED) is 0.791. The van der Waals surface area contributed by atoms with Gasteiger partial charge in [-0.05, 0) is 47.8 Å². The number of fused-ring (bicyclic) bond motifs is 1. The van der Waals surface area contributed by atoms with Crippen molar-refractivity contribution in [1.29, 1.82) is 0 Å². The standard InChI is InChI=1S/C12H11BrN2O/c1-7-14-11-4-8(6-16)10(13)5-12(11)15(7)9-2-3-9/h4-6,9H,2-3H2,1H3. The van der Waals surface area contributed by atoms with Crippen molar-refractivity contribution in [3.8, 4) is 0 Å². The van der Waals surface area contributed by atoms with E-state index in [9.17, 15) is 4.79 Å². The molecule has 1 aliphatic carbocycles. The van der Waals surface area contributed by atoms with Gasteiger partial charge in [0, 0.05) is 16.1 Å². The zero-order chi connectivity index (χ0) is 11.3. The molecule has 1 aliphatic rings.